The van der Waals surface area contributed by atoms with Gasteiger partial charge in [0.1, 0.15) is 4.53 Å². The van der Waals surface area contributed by atoms with Crippen LogP contribution >= 0.6 is 27.3 Å². The Bertz CT molecular complexity index is 1380. The third-order valence-electron chi connectivity index (χ3n) is 4.84. The summed E-state index contributed by atoms with van der Waals surface area (Å²) in [5.41, 5.74) is 2.56. The Kier molecular flexibility index (Phi) is 4.33. The van der Waals surface area contributed by atoms with Crippen molar-refractivity contribution in [3.63, 3.8) is 0 Å². The average molecular weight is 467 g/mol. The fourth-order valence-electron chi connectivity index (χ4n) is 3.56. The molecule has 0 unspecified atom stereocenters. The molecule has 144 valence electrons. The molecule has 0 aliphatic carbocycles. The molecule has 1 aliphatic heterocycles. The van der Waals surface area contributed by atoms with Crippen molar-refractivity contribution in [3.05, 3.63) is 73.5 Å². The zero-order chi connectivity index (χ0) is 20.1. The summed E-state index contributed by atoms with van der Waals surface area (Å²) < 4.78 is 2.53. The zero-order valence-corrected chi connectivity index (χ0v) is 17.8. The number of halogens is 1. The molecule has 29 heavy (non-hydrogen) atoms. The molecule has 8 heteroatoms. The maximum absolute atomic E-state index is 13.2. The number of fused-ring (bicyclic) bond motifs is 2. The summed E-state index contributed by atoms with van der Waals surface area (Å²) >= 11 is 4.68. The molecule has 0 saturated heterocycles. The highest BCUT2D eigenvalue weighted by Gasteiger charge is 2.34. The van der Waals surface area contributed by atoms with Gasteiger partial charge in [0, 0.05) is 22.1 Å². The lowest BCUT2D eigenvalue weighted by Crippen LogP contribution is -2.32. The van der Waals surface area contributed by atoms with Gasteiger partial charge in [0.2, 0.25) is 4.96 Å². The second kappa shape index (κ2) is 6.89. The maximum Gasteiger partial charge on any atom is 0.291 e. The lowest BCUT2D eigenvalue weighted by Gasteiger charge is -2.15. The van der Waals surface area contributed by atoms with E-state index >= 15 is 0 Å². The van der Waals surface area contributed by atoms with E-state index in [1.165, 1.54) is 15.9 Å². The molecular formula is C21H15BrN4O2S. The minimum Gasteiger partial charge on any atom is -0.308 e. The molecule has 1 amide bonds. The van der Waals surface area contributed by atoms with E-state index < -0.39 is 0 Å². The van der Waals surface area contributed by atoms with E-state index in [0.717, 1.165) is 27.7 Å². The monoisotopic (exact) mass is 466 g/mol. The summed E-state index contributed by atoms with van der Waals surface area (Å²) in [7, 11) is 0. The molecule has 0 radical (unpaired) electrons. The molecule has 2 aromatic carbocycles. The van der Waals surface area contributed by atoms with Gasteiger partial charge in [0.25, 0.3) is 11.5 Å². The molecule has 0 fully saturated rings. The van der Waals surface area contributed by atoms with Crippen molar-refractivity contribution in [1.82, 2.24) is 14.6 Å². The Hall–Kier alpha value is -2.84. The van der Waals surface area contributed by atoms with Gasteiger partial charge >= 0.3 is 0 Å². The van der Waals surface area contributed by atoms with Crippen molar-refractivity contribution in [2.24, 2.45) is 0 Å². The van der Waals surface area contributed by atoms with Crippen molar-refractivity contribution in [3.8, 4) is 11.4 Å². The van der Waals surface area contributed by atoms with Gasteiger partial charge < -0.3 is 4.90 Å². The normalized spacial score (nSPS) is 15.4. The Labute approximate surface area is 178 Å². The van der Waals surface area contributed by atoms with Crippen LogP contribution in [0.15, 0.2) is 57.8 Å². The van der Waals surface area contributed by atoms with Crippen LogP contribution in [-0.4, -0.2) is 27.0 Å². The predicted molar refractivity (Wildman–Crippen MR) is 117 cm³/mol. The zero-order valence-electron chi connectivity index (χ0n) is 15.4. The minimum absolute atomic E-state index is 0.148. The molecular weight excluding hydrogens is 452 g/mol. The first-order valence-corrected chi connectivity index (χ1v) is 10.8. The summed E-state index contributed by atoms with van der Waals surface area (Å²) in [5.74, 6) is 0.351. The lowest BCUT2D eigenvalue weighted by atomic mass is 10.1. The van der Waals surface area contributed by atoms with Crippen LogP contribution in [0.4, 0.5) is 5.69 Å². The van der Waals surface area contributed by atoms with E-state index in [4.69, 9.17) is 0 Å². The van der Waals surface area contributed by atoms with Gasteiger partial charge in [-0.1, -0.05) is 64.5 Å². The first-order chi connectivity index (χ1) is 14.1. The molecule has 0 N–H and O–H groups in total. The number of rotatable bonds is 3. The van der Waals surface area contributed by atoms with E-state index in [1.807, 2.05) is 55.5 Å². The number of hydrogen-bond donors (Lipinski definition) is 0. The van der Waals surface area contributed by atoms with Crippen LogP contribution in [-0.2, 0) is 4.79 Å². The average Bonchev–Trinajstić information content (AvgIpc) is 3.35. The van der Waals surface area contributed by atoms with Crippen LogP contribution in [0.1, 0.15) is 18.9 Å². The molecule has 2 aromatic heterocycles. The number of amides is 1. The minimum atomic E-state index is -0.313. The summed E-state index contributed by atoms with van der Waals surface area (Å²) in [6, 6.07) is 15.2. The number of anilines is 1. The standard InChI is InChI=1S/C21H15BrN4O2S/c1-2-10-25-15-9-8-13(22)11-14(15)16(19(25)27)17-20(28)26-21(29-17)23-18(24-26)12-6-4-3-5-7-12/h3-9,11H,2,10H2,1H3/b17-16-. The molecule has 0 saturated carbocycles. The fourth-order valence-corrected chi connectivity index (χ4v) is 4.92. The van der Waals surface area contributed by atoms with Crippen LogP contribution in [0.3, 0.4) is 0 Å². The Morgan fingerprint density at radius 2 is 1.90 bits per heavy atom. The molecule has 1 aliphatic rings. The van der Waals surface area contributed by atoms with Gasteiger partial charge in [-0.15, -0.1) is 5.10 Å². The van der Waals surface area contributed by atoms with Crippen LogP contribution in [0.2, 0.25) is 0 Å². The Balaban J connectivity index is 1.75. The molecule has 4 aromatic rings. The van der Waals surface area contributed by atoms with Gasteiger partial charge in [0.15, 0.2) is 5.82 Å². The maximum atomic E-state index is 13.2. The van der Waals surface area contributed by atoms with E-state index in [9.17, 15) is 9.59 Å². The number of carbonyl (C=O) groups is 1. The number of nitrogens with zero attached hydrogens (tertiary/aromatic N) is 4. The lowest BCUT2D eigenvalue weighted by molar-refractivity contribution is -0.113. The highest BCUT2D eigenvalue weighted by Crippen LogP contribution is 2.37. The number of benzene rings is 2. The van der Waals surface area contributed by atoms with E-state index in [0.29, 0.717) is 27.4 Å². The molecule has 0 bridgehead atoms. The number of carbonyl (C=O) groups excluding carboxylic acids is 1. The Morgan fingerprint density at radius 3 is 2.62 bits per heavy atom. The molecule has 5 rings (SSSR count). The SMILES string of the molecule is CCCN1C(=O)/C(=c2\sc3nc(-c4ccccc4)nn3c2=O)c2cc(Br)ccc21. The molecule has 0 atom stereocenters. The van der Waals surface area contributed by atoms with E-state index in [-0.39, 0.29) is 11.5 Å². The van der Waals surface area contributed by atoms with Gasteiger partial charge in [0.05, 0.1) is 11.3 Å². The van der Waals surface area contributed by atoms with Gasteiger partial charge in [-0.3, -0.25) is 9.59 Å². The second-order valence-electron chi connectivity index (χ2n) is 6.73. The topological polar surface area (TPSA) is 67.6 Å². The summed E-state index contributed by atoms with van der Waals surface area (Å²) in [6.45, 7) is 2.63. The van der Waals surface area contributed by atoms with Crippen LogP contribution in [0.5, 0.6) is 0 Å². The quantitative estimate of drug-likeness (QED) is 0.464. The Morgan fingerprint density at radius 1 is 1.10 bits per heavy atom. The van der Waals surface area contributed by atoms with Crippen molar-refractivity contribution in [2.75, 3.05) is 11.4 Å². The van der Waals surface area contributed by atoms with Crippen molar-refractivity contribution < 1.29 is 4.79 Å². The van der Waals surface area contributed by atoms with Crippen molar-refractivity contribution >= 4 is 49.4 Å². The first-order valence-electron chi connectivity index (χ1n) is 9.19. The van der Waals surface area contributed by atoms with E-state index in [2.05, 4.69) is 26.0 Å². The number of hydrogen-bond acceptors (Lipinski definition) is 5. The highest BCUT2D eigenvalue weighted by molar-refractivity contribution is 9.10. The summed E-state index contributed by atoms with van der Waals surface area (Å²) in [4.78, 5) is 33.1. The summed E-state index contributed by atoms with van der Waals surface area (Å²) in [6.07, 6.45) is 0.828. The third kappa shape index (κ3) is 2.82. The largest absolute Gasteiger partial charge is 0.308 e. The second-order valence-corrected chi connectivity index (χ2v) is 8.62. The van der Waals surface area contributed by atoms with Gasteiger partial charge in [-0.05, 0) is 24.6 Å². The third-order valence-corrected chi connectivity index (χ3v) is 6.36. The van der Waals surface area contributed by atoms with Crippen molar-refractivity contribution in [1.29, 1.82) is 0 Å². The smallest absolute Gasteiger partial charge is 0.291 e. The van der Waals surface area contributed by atoms with Crippen LogP contribution in [0, 0.1) is 0 Å². The highest BCUT2D eigenvalue weighted by atomic mass is 79.9. The van der Waals surface area contributed by atoms with Gasteiger partial charge in [-0.25, -0.2) is 0 Å². The molecule has 0 spiro atoms. The summed E-state index contributed by atoms with van der Waals surface area (Å²) in [5, 5.41) is 4.38. The molecule has 3 heterocycles. The van der Waals surface area contributed by atoms with Crippen LogP contribution in [0.25, 0.3) is 21.9 Å². The molecule has 6 nitrogen and oxygen atoms in total. The van der Waals surface area contributed by atoms with E-state index in [1.54, 1.807) is 4.90 Å². The first kappa shape index (κ1) is 18.2. The predicted octanol–water partition coefficient (Wildman–Crippen LogP) is 3.26. The van der Waals surface area contributed by atoms with Crippen molar-refractivity contribution in [2.45, 2.75) is 13.3 Å². The fraction of sp³-hybridized carbons (Fsp3) is 0.143. The van der Waals surface area contributed by atoms with Crippen LogP contribution < -0.4 is 15.0 Å². The number of aromatic nitrogens is 3. The number of thiazole rings is 1. The van der Waals surface area contributed by atoms with Gasteiger partial charge in [-0.2, -0.15) is 9.50 Å².